The molecule has 0 spiro atoms. The highest BCUT2D eigenvalue weighted by atomic mass is 79.9. The Bertz CT molecular complexity index is 1200. The van der Waals surface area contributed by atoms with Crippen molar-refractivity contribution in [3.05, 3.63) is 86.8 Å². The second-order valence-electron chi connectivity index (χ2n) is 6.42. The molecule has 1 atom stereocenters. The summed E-state index contributed by atoms with van der Waals surface area (Å²) in [6.45, 7) is 0. The summed E-state index contributed by atoms with van der Waals surface area (Å²) in [6, 6.07) is 17.3. The molecule has 134 valence electrons. The molecule has 4 aromatic rings. The second-order valence-corrected chi connectivity index (χ2v) is 8.25. The summed E-state index contributed by atoms with van der Waals surface area (Å²) in [5.74, 6) is -0.600. The molecule has 1 aromatic heterocycles. The number of ether oxygens (including phenoxy) is 1. The first-order chi connectivity index (χ1) is 13.0. The van der Waals surface area contributed by atoms with Crippen LogP contribution in [0.1, 0.15) is 11.8 Å². The van der Waals surface area contributed by atoms with Crippen LogP contribution in [0.15, 0.2) is 69.6 Å². The molecule has 0 saturated heterocycles. The first-order valence-corrected chi connectivity index (χ1v) is 9.81. The van der Waals surface area contributed by atoms with E-state index < -0.39 is 17.9 Å². The summed E-state index contributed by atoms with van der Waals surface area (Å²) >= 11 is 6.96. The summed E-state index contributed by atoms with van der Waals surface area (Å²) in [6.07, 6.45) is -0.675. The highest BCUT2D eigenvalue weighted by Crippen LogP contribution is 2.45. The van der Waals surface area contributed by atoms with Crippen LogP contribution in [-0.2, 0) is 0 Å². The molecule has 27 heavy (non-hydrogen) atoms. The van der Waals surface area contributed by atoms with Gasteiger partial charge in [-0.05, 0) is 54.6 Å². The van der Waals surface area contributed by atoms with Gasteiger partial charge in [0.2, 0.25) is 6.23 Å². The third-order valence-corrected chi connectivity index (χ3v) is 5.65. The second kappa shape index (κ2) is 6.17. The Kier molecular flexibility index (Phi) is 3.88. The van der Waals surface area contributed by atoms with Gasteiger partial charge in [-0.15, -0.1) is 0 Å². The molecule has 0 fully saturated rings. The van der Waals surface area contributed by atoms with Crippen LogP contribution in [0.5, 0.6) is 5.75 Å². The van der Waals surface area contributed by atoms with E-state index >= 15 is 0 Å². The molecule has 0 amide bonds. The highest BCUT2D eigenvalue weighted by Gasteiger charge is 2.29. The minimum absolute atomic E-state index is 0.416. The molecule has 5 rings (SSSR count). The van der Waals surface area contributed by atoms with Gasteiger partial charge >= 0.3 is 0 Å². The van der Waals surface area contributed by atoms with Crippen molar-refractivity contribution in [3.63, 3.8) is 0 Å². The molecule has 0 bridgehead atoms. The molecule has 6 heteroatoms. The summed E-state index contributed by atoms with van der Waals surface area (Å²) < 4.78 is 37.8. The number of nitrogens with zero attached hydrogens (tertiary/aromatic N) is 1. The van der Waals surface area contributed by atoms with Crippen molar-refractivity contribution in [2.45, 2.75) is 6.23 Å². The first kappa shape index (κ1) is 17.0. The Labute approximate surface area is 170 Å². The SMILES string of the molecule is Fc1cc(F)cc(C2Oc3cc(Br)ccc3-c3cc4cc(Br)ccc4n32)c1. The highest BCUT2D eigenvalue weighted by molar-refractivity contribution is 9.10. The smallest absolute Gasteiger partial charge is 0.203 e. The van der Waals surface area contributed by atoms with E-state index in [4.69, 9.17) is 4.74 Å². The lowest BCUT2D eigenvalue weighted by Gasteiger charge is -2.30. The average molecular weight is 491 g/mol. The van der Waals surface area contributed by atoms with E-state index in [-0.39, 0.29) is 0 Å². The Hall–Kier alpha value is -2.18. The van der Waals surface area contributed by atoms with Crippen LogP contribution < -0.4 is 4.74 Å². The van der Waals surface area contributed by atoms with Gasteiger partial charge in [-0.2, -0.15) is 0 Å². The van der Waals surface area contributed by atoms with Crippen LogP contribution in [0.4, 0.5) is 8.78 Å². The van der Waals surface area contributed by atoms with Crippen molar-refractivity contribution in [1.82, 2.24) is 4.57 Å². The lowest BCUT2D eigenvalue weighted by molar-refractivity contribution is 0.172. The van der Waals surface area contributed by atoms with Crippen molar-refractivity contribution in [2.24, 2.45) is 0 Å². The predicted molar refractivity (Wildman–Crippen MR) is 108 cm³/mol. The Morgan fingerprint density at radius 3 is 2.30 bits per heavy atom. The predicted octanol–water partition coefficient (Wildman–Crippen LogP) is 7.05. The van der Waals surface area contributed by atoms with E-state index in [1.807, 2.05) is 41.0 Å². The molecule has 0 saturated carbocycles. The van der Waals surface area contributed by atoms with Gasteiger partial charge < -0.3 is 9.30 Å². The largest absolute Gasteiger partial charge is 0.465 e. The number of hydrogen-bond acceptors (Lipinski definition) is 1. The zero-order chi connectivity index (χ0) is 18.7. The number of halogens is 4. The molecule has 0 aliphatic carbocycles. The van der Waals surface area contributed by atoms with E-state index in [1.54, 1.807) is 0 Å². The normalized spacial score (nSPS) is 15.3. The van der Waals surface area contributed by atoms with Crippen LogP contribution >= 0.6 is 31.9 Å². The van der Waals surface area contributed by atoms with Crippen molar-refractivity contribution >= 4 is 42.8 Å². The molecular weight excluding hydrogens is 480 g/mol. The van der Waals surface area contributed by atoms with Crippen LogP contribution in [0, 0.1) is 11.6 Å². The summed E-state index contributed by atoms with van der Waals surface area (Å²) in [5.41, 5.74) is 3.21. The minimum atomic E-state index is -0.675. The summed E-state index contributed by atoms with van der Waals surface area (Å²) in [7, 11) is 0. The van der Waals surface area contributed by atoms with Crippen LogP contribution in [0.2, 0.25) is 0 Å². The van der Waals surface area contributed by atoms with Crippen LogP contribution in [-0.4, -0.2) is 4.57 Å². The molecular formula is C21H11Br2F2NO. The standard InChI is InChI=1S/C21H11Br2F2NO/c22-13-2-4-18-11(5-13)8-19-17-3-1-14(23)9-20(17)27-21(26(18)19)12-6-15(24)10-16(25)7-12/h1-10,21H. The van der Waals surface area contributed by atoms with Crippen molar-refractivity contribution in [1.29, 1.82) is 0 Å². The molecule has 0 radical (unpaired) electrons. The van der Waals surface area contributed by atoms with E-state index in [1.165, 1.54) is 12.1 Å². The van der Waals surface area contributed by atoms with E-state index in [0.29, 0.717) is 11.3 Å². The maximum Gasteiger partial charge on any atom is 0.203 e. The monoisotopic (exact) mass is 489 g/mol. The van der Waals surface area contributed by atoms with Crippen molar-refractivity contribution in [3.8, 4) is 17.0 Å². The van der Waals surface area contributed by atoms with Crippen molar-refractivity contribution in [2.75, 3.05) is 0 Å². The van der Waals surface area contributed by atoms with Gasteiger partial charge in [-0.3, -0.25) is 0 Å². The number of fused-ring (bicyclic) bond motifs is 5. The first-order valence-electron chi connectivity index (χ1n) is 8.23. The topological polar surface area (TPSA) is 14.2 Å². The molecule has 0 N–H and O–H groups in total. The summed E-state index contributed by atoms with van der Waals surface area (Å²) in [4.78, 5) is 0. The third kappa shape index (κ3) is 2.78. The molecule has 2 nitrogen and oxygen atoms in total. The van der Waals surface area contributed by atoms with E-state index in [0.717, 1.165) is 37.2 Å². The number of hydrogen-bond donors (Lipinski definition) is 0. The zero-order valence-corrected chi connectivity index (χ0v) is 16.9. The maximum atomic E-state index is 13.9. The Morgan fingerprint density at radius 1 is 0.815 bits per heavy atom. The van der Waals surface area contributed by atoms with Crippen molar-refractivity contribution < 1.29 is 13.5 Å². The Morgan fingerprint density at radius 2 is 1.52 bits per heavy atom. The fourth-order valence-electron chi connectivity index (χ4n) is 3.58. The van der Waals surface area contributed by atoms with Crippen LogP contribution in [0.25, 0.3) is 22.2 Å². The van der Waals surface area contributed by atoms with Gasteiger partial charge in [-0.1, -0.05) is 31.9 Å². The van der Waals surface area contributed by atoms with Gasteiger partial charge in [0.15, 0.2) is 0 Å². The zero-order valence-electron chi connectivity index (χ0n) is 13.7. The fraction of sp³-hybridized carbons (Fsp3) is 0.0476. The number of benzene rings is 3. The quantitative estimate of drug-likeness (QED) is 0.279. The molecule has 3 aromatic carbocycles. The van der Waals surface area contributed by atoms with Gasteiger partial charge in [0.1, 0.15) is 17.4 Å². The van der Waals surface area contributed by atoms with E-state index in [9.17, 15) is 8.78 Å². The lowest BCUT2D eigenvalue weighted by atomic mass is 10.1. The fourth-order valence-corrected chi connectivity index (χ4v) is 4.30. The molecule has 1 aliphatic rings. The number of rotatable bonds is 1. The molecule has 2 heterocycles. The third-order valence-electron chi connectivity index (χ3n) is 4.66. The van der Waals surface area contributed by atoms with Crippen LogP contribution in [0.3, 0.4) is 0 Å². The lowest BCUT2D eigenvalue weighted by Crippen LogP contribution is -2.22. The average Bonchev–Trinajstić information content (AvgIpc) is 2.98. The van der Waals surface area contributed by atoms with Gasteiger partial charge in [0.25, 0.3) is 0 Å². The van der Waals surface area contributed by atoms with Gasteiger partial charge in [0, 0.05) is 31.5 Å². The van der Waals surface area contributed by atoms with E-state index in [2.05, 4.69) is 37.9 Å². The van der Waals surface area contributed by atoms with Gasteiger partial charge in [-0.25, -0.2) is 8.78 Å². The summed E-state index contributed by atoms with van der Waals surface area (Å²) in [5, 5.41) is 1.01. The molecule has 1 aliphatic heterocycles. The Balaban J connectivity index is 1.83. The van der Waals surface area contributed by atoms with Gasteiger partial charge in [0.05, 0.1) is 11.2 Å². The number of aromatic nitrogens is 1. The maximum absolute atomic E-state index is 13.9. The molecule has 1 unspecified atom stereocenters. The minimum Gasteiger partial charge on any atom is -0.465 e.